The van der Waals surface area contributed by atoms with E-state index in [1.54, 1.807) is 4.31 Å². The minimum atomic E-state index is -3.24. The van der Waals surface area contributed by atoms with E-state index in [0.717, 1.165) is 32.1 Å². The molecule has 0 aromatic heterocycles. The lowest BCUT2D eigenvalue weighted by Crippen LogP contribution is -2.54. The fourth-order valence-corrected chi connectivity index (χ4v) is 3.65. The van der Waals surface area contributed by atoms with Crippen molar-refractivity contribution in [3.63, 3.8) is 0 Å². The summed E-state index contributed by atoms with van der Waals surface area (Å²) >= 11 is 0. The molecule has 2 rings (SSSR count). The van der Waals surface area contributed by atoms with Crippen LogP contribution in [0.15, 0.2) is 0 Å². The van der Waals surface area contributed by atoms with Crippen LogP contribution in [0, 0.1) is 0 Å². The van der Waals surface area contributed by atoms with E-state index in [4.69, 9.17) is 5.73 Å². The summed E-state index contributed by atoms with van der Waals surface area (Å²) in [7, 11) is -3.24. The Morgan fingerprint density at radius 2 is 1.73 bits per heavy atom. The topological polar surface area (TPSA) is 75.4 Å². The first kappa shape index (κ1) is 11.3. The zero-order valence-electron chi connectivity index (χ0n) is 8.85. The molecule has 1 heterocycles. The number of piperidine rings is 1. The fourth-order valence-electron chi connectivity index (χ4n) is 2.15. The summed E-state index contributed by atoms with van der Waals surface area (Å²) in [6.07, 6.45) is 4.64. The molecule has 1 saturated heterocycles. The van der Waals surface area contributed by atoms with Crippen molar-refractivity contribution in [2.24, 2.45) is 5.73 Å². The van der Waals surface area contributed by atoms with Crippen LogP contribution >= 0.6 is 0 Å². The lowest BCUT2D eigenvalue weighted by Gasteiger charge is -2.35. The molecule has 0 aromatic rings. The summed E-state index contributed by atoms with van der Waals surface area (Å²) < 4.78 is 28.0. The predicted octanol–water partition coefficient (Wildman–Crippen LogP) is -0.204. The standard InChI is InChI=1S/C9H19N3O2S/c10-8-6-9(7-8)11-15(13,14)12-4-2-1-3-5-12/h8-9,11H,1-7,10H2. The number of nitrogens with one attached hydrogen (secondary N) is 1. The van der Waals surface area contributed by atoms with Gasteiger partial charge < -0.3 is 5.73 Å². The second kappa shape index (κ2) is 4.37. The van der Waals surface area contributed by atoms with Crippen molar-refractivity contribution in [1.82, 2.24) is 9.03 Å². The third-order valence-corrected chi connectivity index (χ3v) is 4.82. The maximum Gasteiger partial charge on any atom is 0.279 e. The van der Waals surface area contributed by atoms with Crippen LogP contribution in [-0.2, 0) is 10.2 Å². The molecule has 0 radical (unpaired) electrons. The first-order valence-electron chi connectivity index (χ1n) is 5.61. The van der Waals surface area contributed by atoms with Gasteiger partial charge in [0.2, 0.25) is 0 Å². The van der Waals surface area contributed by atoms with Gasteiger partial charge in [-0.1, -0.05) is 6.42 Å². The Hall–Kier alpha value is -0.170. The monoisotopic (exact) mass is 233 g/mol. The Kier molecular flexibility index (Phi) is 3.30. The van der Waals surface area contributed by atoms with Crippen molar-refractivity contribution in [2.45, 2.75) is 44.2 Å². The van der Waals surface area contributed by atoms with Gasteiger partial charge in [0, 0.05) is 25.2 Å². The van der Waals surface area contributed by atoms with Gasteiger partial charge in [-0.15, -0.1) is 0 Å². The van der Waals surface area contributed by atoms with E-state index in [0.29, 0.717) is 13.1 Å². The number of hydrogen-bond acceptors (Lipinski definition) is 3. The highest BCUT2D eigenvalue weighted by Gasteiger charge is 2.32. The third kappa shape index (κ3) is 2.69. The summed E-state index contributed by atoms with van der Waals surface area (Å²) in [4.78, 5) is 0. The Balaban J connectivity index is 1.88. The Labute approximate surface area is 91.2 Å². The minimum Gasteiger partial charge on any atom is -0.328 e. The average Bonchev–Trinajstić information content (AvgIpc) is 2.17. The van der Waals surface area contributed by atoms with Gasteiger partial charge in [-0.3, -0.25) is 0 Å². The van der Waals surface area contributed by atoms with E-state index >= 15 is 0 Å². The van der Waals surface area contributed by atoms with Gasteiger partial charge in [-0.05, 0) is 25.7 Å². The molecular formula is C9H19N3O2S. The zero-order valence-corrected chi connectivity index (χ0v) is 9.67. The highest BCUT2D eigenvalue weighted by atomic mass is 32.2. The molecule has 3 N–H and O–H groups in total. The maximum atomic E-state index is 11.9. The molecule has 1 aliphatic carbocycles. The molecule has 5 nitrogen and oxygen atoms in total. The van der Waals surface area contributed by atoms with Gasteiger partial charge in [0.05, 0.1) is 0 Å². The van der Waals surface area contributed by atoms with E-state index in [1.165, 1.54) is 0 Å². The predicted molar refractivity (Wildman–Crippen MR) is 58.5 cm³/mol. The van der Waals surface area contributed by atoms with Crippen molar-refractivity contribution in [1.29, 1.82) is 0 Å². The molecule has 0 aromatic carbocycles. The normalized spacial score (nSPS) is 33.7. The molecule has 2 aliphatic rings. The molecular weight excluding hydrogens is 214 g/mol. The van der Waals surface area contributed by atoms with E-state index in [9.17, 15) is 8.42 Å². The van der Waals surface area contributed by atoms with Gasteiger partial charge >= 0.3 is 0 Å². The quantitative estimate of drug-likeness (QED) is 0.708. The molecule has 1 saturated carbocycles. The zero-order chi connectivity index (χ0) is 10.9. The van der Waals surface area contributed by atoms with Gasteiger partial charge in [0.1, 0.15) is 0 Å². The molecule has 2 fully saturated rings. The van der Waals surface area contributed by atoms with Crippen LogP contribution in [0.5, 0.6) is 0 Å². The number of rotatable bonds is 3. The fraction of sp³-hybridized carbons (Fsp3) is 1.00. The first-order valence-corrected chi connectivity index (χ1v) is 7.05. The molecule has 0 amide bonds. The number of nitrogens with zero attached hydrogens (tertiary/aromatic N) is 1. The Morgan fingerprint density at radius 1 is 1.13 bits per heavy atom. The van der Waals surface area contributed by atoms with Crippen LogP contribution in [0.1, 0.15) is 32.1 Å². The lowest BCUT2D eigenvalue weighted by atomic mass is 9.89. The summed E-state index contributed by atoms with van der Waals surface area (Å²) in [6, 6.07) is 0.242. The number of hydrogen-bond donors (Lipinski definition) is 2. The average molecular weight is 233 g/mol. The smallest absolute Gasteiger partial charge is 0.279 e. The van der Waals surface area contributed by atoms with Gasteiger partial charge in [0.25, 0.3) is 10.2 Å². The maximum absolute atomic E-state index is 11.9. The Morgan fingerprint density at radius 3 is 2.27 bits per heavy atom. The molecule has 1 aliphatic heterocycles. The third-order valence-electron chi connectivity index (χ3n) is 3.15. The van der Waals surface area contributed by atoms with Crippen LogP contribution in [0.3, 0.4) is 0 Å². The van der Waals surface area contributed by atoms with E-state index < -0.39 is 10.2 Å². The van der Waals surface area contributed by atoms with E-state index in [2.05, 4.69) is 4.72 Å². The molecule has 0 bridgehead atoms. The van der Waals surface area contributed by atoms with Gasteiger partial charge in [0.15, 0.2) is 0 Å². The first-order chi connectivity index (χ1) is 7.08. The second-order valence-corrected chi connectivity index (χ2v) is 6.21. The molecule has 0 spiro atoms. The van der Waals surface area contributed by atoms with E-state index in [-0.39, 0.29) is 12.1 Å². The van der Waals surface area contributed by atoms with Crippen molar-refractivity contribution < 1.29 is 8.42 Å². The molecule has 6 heteroatoms. The van der Waals surface area contributed by atoms with Crippen molar-refractivity contribution >= 4 is 10.2 Å². The van der Waals surface area contributed by atoms with Crippen LogP contribution in [-0.4, -0.2) is 37.9 Å². The summed E-state index contributed by atoms with van der Waals surface area (Å²) in [5, 5.41) is 0. The van der Waals surface area contributed by atoms with Crippen LogP contribution < -0.4 is 10.5 Å². The summed E-state index contributed by atoms with van der Waals surface area (Å²) in [5.41, 5.74) is 5.62. The van der Waals surface area contributed by atoms with Crippen LogP contribution in [0.4, 0.5) is 0 Å². The highest BCUT2D eigenvalue weighted by molar-refractivity contribution is 7.87. The largest absolute Gasteiger partial charge is 0.328 e. The van der Waals surface area contributed by atoms with Gasteiger partial charge in [-0.25, -0.2) is 0 Å². The molecule has 0 unspecified atom stereocenters. The number of nitrogens with two attached hydrogens (primary N) is 1. The lowest BCUT2D eigenvalue weighted by molar-refractivity contribution is 0.301. The summed E-state index contributed by atoms with van der Waals surface area (Å²) in [5.74, 6) is 0. The minimum absolute atomic E-state index is 0.0620. The molecule has 88 valence electrons. The Bertz CT molecular complexity index is 305. The molecule has 0 atom stereocenters. The van der Waals surface area contributed by atoms with Crippen molar-refractivity contribution in [3.05, 3.63) is 0 Å². The highest BCUT2D eigenvalue weighted by Crippen LogP contribution is 2.20. The molecule has 15 heavy (non-hydrogen) atoms. The van der Waals surface area contributed by atoms with Crippen molar-refractivity contribution in [3.8, 4) is 0 Å². The van der Waals surface area contributed by atoms with Crippen LogP contribution in [0.25, 0.3) is 0 Å². The van der Waals surface area contributed by atoms with E-state index in [1.807, 2.05) is 0 Å². The van der Waals surface area contributed by atoms with Crippen molar-refractivity contribution in [2.75, 3.05) is 13.1 Å². The summed E-state index contributed by atoms with van der Waals surface area (Å²) in [6.45, 7) is 1.32. The second-order valence-electron chi connectivity index (χ2n) is 4.51. The van der Waals surface area contributed by atoms with Gasteiger partial charge in [-0.2, -0.15) is 17.4 Å². The van der Waals surface area contributed by atoms with Crippen LogP contribution in [0.2, 0.25) is 0 Å². The SMILES string of the molecule is NC1CC(NS(=O)(=O)N2CCCCC2)C1.